The summed E-state index contributed by atoms with van der Waals surface area (Å²) in [4.78, 5) is 11.2. The predicted molar refractivity (Wildman–Crippen MR) is 51.4 cm³/mol. The molecule has 2 fully saturated rings. The van der Waals surface area contributed by atoms with Crippen LogP contribution in [0.2, 0.25) is 0 Å². The van der Waals surface area contributed by atoms with Crippen LogP contribution in [0.5, 0.6) is 0 Å². The van der Waals surface area contributed by atoms with Crippen LogP contribution in [0.15, 0.2) is 0 Å². The van der Waals surface area contributed by atoms with E-state index in [0.717, 1.165) is 12.8 Å². The van der Waals surface area contributed by atoms with Gasteiger partial charge in [-0.3, -0.25) is 4.79 Å². The van der Waals surface area contributed by atoms with Crippen LogP contribution in [-0.2, 0) is 9.53 Å². The fourth-order valence-electron chi connectivity index (χ4n) is 1.23. The van der Waals surface area contributed by atoms with E-state index in [9.17, 15) is 4.79 Å². The molecule has 0 aromatic heterocycles. The van der Waals surface area contributed by atoms with Gasteiger partial charge in [-0.05, 0) is 19.8 Å². The third kappa shape index (κ3) is 2.69. The van der Waals surface area contributed by atoms with Crippen LogP contribution in [-0.4, -0.2) is 24.7 Å². The van der Waals surface area contributed by atoms with Crippen LogP contribution in [0.1, 0.15) is 33.6 Å². The molecule has 0 aromatic rings. The van der Waals surface area contributed by atoms with Crippen LogP contribution >= 0.6 is 0 Å². The van der Waals surface area contributed by atoms with Gasteiger partial charge in [0.1, 0.15) is 0 Å². The maximum absolute atomic E-state index is 11.2. The number of rotatable bonds is 2. The molecule has 1 saturated carbocycles. The van der Waals surface area contributed by atoms with Crippen LogP contribution < -0.4 is 5.32 Å². The first-order valence-corrected chi connectivity index (χ1v) is 5.09. The Kier molecular flexibility index (Phi) is 3.31. The third-order valence-electron chi connectivity index (χ3n) is 2.21. The quantitative estimate of drug-likeness (QED) is 0.704. The molecule has 1 heterocycles. The summed E-state index contributed by atoms with van der Waals surface area (Å²) in [5.74, 6) is 0.531. The van der Waals surface area contributed by atoms with Crippen LogP contribution in [0.25, 0.3) is 0 Å². The summed E-state index contributed by atoms with van der Waals surface area (Å²) in [6.45, 7) is 7.37. The molecule has 1 saturated heterocycles. The molecule has 2 rings (SSSR count). The molecule has 1 amide bonds. The van der Waals surface area contributed by atoms with E-state index in [2.05, 4.69) is 5.32 Å². The van der Waals surface area contributed by atoms with Crippen molar-refractivity contribution in [3.63, 3.8) is 0 Å². The summed E-state index contributed by atoms with van der Waals surface area (Å²) in [5.41, 5.74) is -0.0559. The summed E-state index contributed by atoms with van der Waals surface area (Å²) < 4.78 is 5.02. The average molecular weight is 185 g/mol. The molecule has 0 spiro atoms. The largest absolute Gasteiger partial charge is 0.376 e. The standard InChI is InChI=1S/C8H13NO2.C2H6/c1-8(4-11-5-8)9-7(10)6-2-3-6;1-2/h6H,2-5H2,1H3,(H,9,10);1-2H3. The average Bonchev–Trinajstić information content (AvgIpc) is 2.87. The van der Waals surface area contributed by atoms with E-state index < -0.39 is 0 Å². The number of carbonyl (C=O) groups excluding carboxylic acids is 1. The SMILES string of the molecule is CC.CC1(NC(=O)C2CC2)COC1. The lowest BCUT2D eigenvalue weighted by molar-refractivity contribution is -0.132. The van der Waals surface area contributed by atoms with Crippen molar-refractivity contribution in [2.75, 3.05) is 13.2 Å². The van der Waals surface area contributed by atoms with Gasteiger partial charge >= 0.3 is 0 Å². The first-order chi connectivity index (χ1) is 6.20. The van der Waals surface area contributed by atoms with E-state index >= 15 is 0 Å². The highest BCUT2D eigenvalue weighted by Gasteiger charge is 2.39. The highest BCUT2D eigenvalue weighted by Crippen LogP contribution is 2.30. The summed E-state index contributed by atoms with van der Waals surface area (Å²) >= 11 is 0. The van der Waals surface area contributed by atoms with Crippen molar-refractivity contribution in [1.82, 2.24) is 5.32 Å². The van der Waals surface area contributed by atoms with Crippen molar-refractivity contribution in [1.29, 1.82) is 0 Å². The highest BCUT2D eigenvalue weighted by molar-refractivity contribution is 5.81. The number of carbonyl (C=O) groups is 1. The van der Waals surface area contributed by atoms with E-state index in [1.165, 1.54) is 0 Å². The Morgan fingerprint density at radius 1 is 1.38 bits per heavy atom. The zero-order valence-electron chi connectivity index (χ0n) is 8.72. The second-order valence-electron chi connectivity index (χ2n) is 3.82. The fraction of sp³-hybridized carbons (Fsp3) is 0.900. The Morgan fingerprint density at radius 2 is 1.92 bits per heavy atom. The van der Waals surface area contributed by atoms with Crippen LogP contribution in [0.3, 0.4) is 0 Å². The molecule has 3 nitrogen and oxygen atoms in total. The lowest BCUT2D eigenvalue weighted by Gasteiger charge is -2.38. The van der Waals surface area contributed by atoms with E-state index in [1.807, 2.05) is 20.8 Å². The maximum Gasteiger partial charge on any atom is 0.223 e. The van der Waals surface area contributed by atoms with Gasteiger partial charge in [0.05, 0.1) is 18.8 Å². The van der Waals surface area contributed by atoms with Gasteiger partial charge in [-0.2, -0.15) is 0 Å². The topological polar surface area (TPSA) is 38.3 Å². The lowest BCUT2D eigenvalue weighted by atomic mass is 10.0. The minimum atomic E-state index is -0.0559. The molecule has 1 N–H and O–H groups in total. The number of nitrogens with one attached hydrogen (secondary N) is 1. The normalized spacial score (nSPS) is 23.6. The van der Waals surface area contributed by atoms with E-state index in [0.29, 0.717) is 19.1 Å². The Labute approximate surface area is 79.8 Å². The molecular weight excluding hydrogens is 166 g/mol. The van der Waals surface area contributed by atoms with Crippen molar-refractivity contribution in [2.24, 2.45) is 5.92 Å². The van der Waals surface area contributed by atoms with Gasteiger partial charge in [0.2, 0.25) is 5.91 Å². The lowest BCUT2D eigenvalue weighted by Crippen LogP contribution is -2.60. The molecule has 3 heteroatoms. The van der Waals surface area contributed by atoms with Gasteiger partial charge in [0, 0.05) is 5.92 Å². The number of ether oxygens (including phenoxy) is 1. The smallest absolute Gasteiger partial charge is 0.223 e. The van der Waals surface area contributed by atoms with Gasteiger partial charge in [0.15, 0.2) is 0 Å². The van der Waals surface area contributed by atoms with Crippen LogP contribution in [0, 0.1) is 5.92 Å². The molecule has 13 heavy (non-hydrogen) atoms. The monoisotopic (exact) mass is 185 g/mol. The molecule has 0 aromatic carbocycles. The Morgan fingerprint density at radius 3 is 2.23 bits per heavy atom. The predicted octanol–water partition coefficient (Wildman–Crippen LogP) is 1.33. The molecule has 0 unspecified atom stereocenters. The second kappa shape index (κ2) is 4.09. The van der Waals surface area contributed by atoms with Gasteiger partial charge < -0.3 is 10.1 Å². The minimum Gasteiger partial charge on any atom is -0.376 e. The molecule has 1 aliphatic carbocycles. The van der Waals surface area contributed by atoms with Gasteiger partial charge in [-0.15, -0.1) is 0 Å². The molecule has 76 valence electrons. The minimum absolute atomic E-state index is 0.0559. The van der Waals surface area contributed by atoms with Gasteiger partial charge in [-0.1, -0.05) is 13.8 Å². The first-order valence-electron chi connectivity index (χ1n) is 5.09. The van der Waals surface area contributed by atoms with Crippen molar-refractivity contribution < 1.29 is 9.53 Å². The Hall–Kier alpha value is -0.570. The zero-order valence-corrected chi connectivity index (χ0v) is 8.72. The van der Waals surface area contributed by atoms with Crippen LogP contribution in [0.4, 0.5) is 0 Å². The maximum atomic E-state index is 11.2. The number of amides is 1. The molecule has 1 aliphatic heterocycles. The highest BCUT2D eigenvalue weighted by atomic mass is 16.5. The molecule has 0 radical (unpaired) electrons. The Bertz CT molecular complexity index is 183. The van der Waals surface area contributed by atoms with E-state index in [-0.39, 0.29) is 11.4 Å². The van der Waals surface area contributed by atoms with Crippen molar-refractivity contribution in [3.8, 4) is 0 Å². The number of hydrogen-bond donors (Lipinski definition) is 1. The van der Waals surface area contributed by atoms with E-state index in [4.69, 9.17) is 4.74 Å². The summed E-state index contributed by atoms with van der Waals surface area (Å²) in [5, 5.41) is 2.99. The van der Waals surface area contributed by atoms with Gasteiger partial charge in [0.25, 0.3) is 0 Å². The second-order valence-corrected chi connectivity index (χ2v) is 3.82. The first kappa shape index (κ1) is 10.5. The summed E-state index contributed by atoms with van der Waals surface area (Å²) in [6, 6.07) is 0. The molecule has 0 atom stereocenters. The van der Waals surface area contributed by atoms with Gasteiger partial charge in [-0.25, -0.2) is 0 Å². The van der Waals surface area contributed by atoms with Crippen molar-refractivity contribution in [2.45, 2.75) is 39.2 Å². The molecule has 2 aliphatic rings. The fourth-order valence-corrected chi connectivity index (χ4v) is 1.23. The van der Waals surface area contributed by atoms with E-state index in [1.54, 1.807) is 0 Å². The van der Waals surface area contributed by atoms with Crippen molar-refractivity contribution in [3.05, 3.63) is 0 Å². The zero-order chi connectivity index (χ0) is 9.90. The van der Waals surface area contributed by atoms with Crippen molar-refractivity contribution >= 4 is 5.91 Å². The summed E-state index contributed by atoms with van der Waals surface area (Å²) in [6.07, 6.45) is 2.14. The molecule has 0 bridgehead atoms. The third-order valence-corrected chi connectivity index (χ3v) is 2.21. The Balaban J connectivity index is 0.000000396. The number of hydrogen-bond acceptors (Lipinski definition) is 2. The summed E-state index contributed by atoms with van der Waals surface area (Å²) in [7, 11) is 0. The molecular formula is C10H19NO2.